The molecule has 1 aliphatic rings. The maximum absolute atomic E-state index is 12.0. The molecule has 0 spiro atoms. The molecule has 19 heavy (non-hydrogen) atoms. The van der Waals surface area contributed by atoms with Crippen molar-refractivity contribution in [1.29, 1.82) is 0 Å². The summed E-state index contributed by atoms with van der Waals surface area (Å²) in [5.74, 6) is -2.09. The Morgan fingerprint density at radius 3 is 2.26 bits per heavy atom. The molecule has 2 atom stereocenters. The lowest BCUT2D eigenvalue weighted by atomic mass is 10.0. The summed E-state index contributed by atoms with van der Waals surface area (Å²) in [6.45, 7) is 7.63. The molecule has 0 aromatic rings. The number of carboxylic acid groups (broad SMARTS) is 1. The maximum atomic E-state index is 12.0. The van der Waals surface area contributed by atoms with Crippen molar-refractivity contribution in [2.75, 3.05) is 6.54 Å². The van der Waals surface area contributed by atoms with Crippen molar-refractivity contribution in [3.63, 3.8) is 0 Å². The minimum atomic E-state index is -1.05. The highest BCUT2D eigenvalue weighted by Crippen LogP contribution is 2.20. The molecule has 108 valence electrons. The minimum Gasteiger partial charge on any atom is -0.480 e. The molecular formula is C13H22N2O4. The van der Waals surface area contributed by atoms with Crippen molar-refractivity contribution < 1.29 is 19.5 Å². The second-order valence-corrected chi connectivity index (χ2v) is 5.61. The van der Waals surface area contributed by atoms with Crippen LogP contribution in [-0.4, -0.2) is 46.4 Å². The summed E-state index contributed by atoms with van der Waals surface area (Å²) in [5.41, 5.74) is 0. The number of carbonyl (C=O) groups excluding carboxylic acids is 2. The van der Waals surface area contributed by atoms with Gasteiger partial charge in [0.05, 0.1) is 5.92 Å². The molecule has 0 saturated carbocycles. The van der Waals surface area contributed by atoms with Gasteiger partial charge in [0.15, 0.2) is 0 Å². The summed E-state index contributed by atoms with van der Waals surface area (Å²) in [6, 6.07) is -0.846. The number of aliphatic carboxylic acids is 1. The summed E-state index contributed by atoms with van der Waals surface area (Å²) >= 11 is 0. The van der Waals surface area contributed by atoms with Crippen LogP contribution in [0.5, 0.6) is 0 Å². The Morgan fingerprint density at radius 1 is 1.32 bits per heavy atom. The van der Waals surface area contributed by atoms with Crippen molar-refractivity contribution in [1.82, 2.24) is 10.2 Å². The third-order valence-electron chi connectivity index (χ3n) is 3.38. The van der Waals surface area contributed by atoms with Crippen LogP contribution in [0.2, 0.25) is 0 Å². The van der Waals surface area contributed by atoms with Crippen LogP contribution in [0.3, 0.4) is 0 Å². The van der Waals surface area contributed by atoms with E-state index >= 15 is 0 Å². The highest BCUT2D eigenvalue weighted by molar-refractivity contribution is 5.91. The van der Waals surface area contributed by atoms with Gasteiger partial charge in [-0.2, -0.15) is 0 Å². The number of likely N-dealkylation sites (tertiary alicyclic amines) is 1. The Balaban J connectivity index is 2.65. The molecule has 0 radical (unpaired) electrons. The van der Waals surface area contributed by atoms with Crippen LogP contribution in [0.1, 0.15) is 34.1 Å². The normalized spacial score (nSPS) is 21.1. The lowest BCUT2D eigenvalue weighted by Gasteiger charge is -2.22. The Kier molecular flexibility index (Phi) is 4.91. The highest BCUT2D eigenvalue weighted by atomic mass is 16.4. The Hall–Kier alpha value is -1.59. The SMILES string of the molecule is CC(C)C(NC(=O)C1CC(=O)N(C(C)C)C1)C(=O)O. The van der Waals surface area contributed by atoms with Gasteiger partial charge in [0.25, 0.3) is 0 Å². The summed E-state index contributed by atoms with van der Waals surface area (Å²) in [5, 5.41) is 11.6. The molecule has 1 rings (SSSR count). The van der Waals surface area contributed by atoms with E-state index in [-0.39, 0.29) is 30.2 Å². The number of nitrogens with one attached hydrogen (secondary N) is 1. The average Bonchev–Trinajstić information content (AvgIpc) is 2.67. The van der Waals surface area contributed by atoms with Crippen molar-refractivity contribution in [2.45, 2.75) is 46.2 Å². The lowest BCUT2D eigenvalue weighted by Crippen LogP contribution is -2.47. The molecule has 6 heteroatoms. The first-order chi connectivity index (χ1) is 8.73. The van der Waals surface area contributed by atoms with E-state index in [2.05, 4.69) is 5.32 Å². The fourth-order valence-electron chi connectivity index (χ4n) is 2.19. The van der Waals surface area contributed by atoms with Gasteiger partial charge in [-0.25, -0.2) is 4.79 Å². The lowest BCUT2D eigenvalue weighted by molar-refractivity contribution is -0.143. The third-order valence-corrected chi connectivity index (χ3v) is 3.38. The van der Waals surface area contributed by atoms with E-state index in [0.717, 1.165) is 0 Å². The molecule has 0 aliphatic carbocycles. The van der Waals surface area contributed by atoms with Gasteiger partial charge in [0, 0.05) is 19.0 Å². The molecule has 0 bridgehead atoms. The summed E-state index contributed by atoms with van der Waals surface area (Å²) in [6.07, 6.45) is 0.161. The average molecular weight is 270 g/mol. The number of hydrogen-bond acceptors (Lipinski definition) is 3. The molecule has 0 aromatic carbocycles. The van der Waals surface area contributed by atoms with Gasteiger partial charge in [0.1, 0.15) is 6.04 Å². The zero-order valence-electron chi connectivity index (χ0n) is 11.8. The molecule has 0 aromatic heterocycles. The summed E-state index contributed by atoms with van der Waals surface area (Å²) in [4.78, 5) is 36.4. The van der Waals surface area contributed by atoms with Gasteiger partial charge in [-0.15, -0.1) is 0 Å². The second kappa shape index (κ2) is 6.04. The van der Waals surface area contributed by atoms with Crippen molar-refractivity contribution >= 4 is 17.8 Å². The molecule has 6 nitrogen and oxygen atoms in total. The fraction of sp³-hybridized carbons (Fsp3) is 0.769. The van der Waals surface area contributed by atoms with Crippen molar-refractivity contribution in [3.05, 3.63) is 0 Å². The Morgan fingerprint density at radius 2 is 1.89 bits per heavy atom. The molecular weight excluding hydrogens is 248 g/mol. The van der Waals surface area contributed by atoms with Crippen LogP contribution >= 0.6 is 0 Å². The third kappa shape index (κ3) is 3.68. The predicted octanol–water partition coefficient (Wildman–Crippen LogP) is 0.469. The Bertz CT molecular complexity index is 379. The standard InChI is InChI=1S/C13H22N2O4/c1-7(2)11(13(18)19)14-12(17)9-5-10(16)15(6-9)8(3)4/h7-9,11H,5-6H2,1-4H3,(H,14,17)(H,18,19). The number of carboxylic acids is 1. The first kappa shape index (κ1) is 15.5. The van der Waals surface area contributed by atoms with Crippen LogP contribution in [-0.2, 0) is 14.4 Å². The van der Waals surface area contributed by atoms with Crippen molar-refractivity contribution in [3.8, 4) is 0 Å². The van der Waals surface area contributed by atoms with Gasteiger partial charge in [-0.3, -0.25) is 9.59 Å². The minimum absolute atomic E-state index is 0.0495. The molecule has 1 saturated heterocycles. The van der Waals surface area contributed by atoms with E-state index in [0.29, 0.717) is 6.54 Å². The van der Waals surface area contributed by atoms with Crippen LogP contribution in [0, 0.1) is 11.8 Å². The molecule has 2 N–H and O–H groups in total. The predicted molar refractivity (Wildman–Crippen MR) is 69.4 cm³/mol. The molecule has 1 fully saturated rings. The van der Waals surface area contributed by atoms with E-state index in [1.165, 1.54) is 0 Å². The van der Waals surface area contributed by atoms with Gasteiger partial charge in [-0.1, -0.05) is 13.8 Å². The number of hydrogen-bond donors (Lipinski definition) is 2. The molecule has 1 aliphatic heterocycles. The monoisotopic (exact) mass is 270 g/mol. The van der Waals surface area contributed by atoms with E-state index in [1.54, 1.807) is 18.7 Å². The van der Waals surface area contributed by atoms with Crippen molar-refractivity contribution in [2.24, 2.45) is 11.8 Å². The van der Waals surface area contributed by atoms with Gasteiger partial charge in [-0.05, 0) is 19.8 Å². The zero-order chi connectivity index (χ0) is 14.7. The van der Waals surface area contributed by atoms with E-state index in [9.17, 15) is 14.4 Å². The van der Waals surface area contributed by atoms with Gasteiger partial charge < -0.3 is 15.3 Å². The molecule has 2 amide bonds. The first-order valence-corrected chi connectivity index (χ1v) is 6.56. The number of amides is 2. The van der Waals surface area contributed by atoms with Crippen LogP contribution in [0.15, 0.2) is 0 Å². The van der Waals surface area contributed by atoms with E-state index < -0.39 is 17.9 Å². The number of rotatable bonds is 5. The smallest absolute Gasteiger partial charge is 0.326 e. The number of carbonyl (C=O) groups is 3. The highest BCUT2D eigenvalue weighted by Gasteiger charge is 2.37. The van der Waals surface area contributed by atoms with Gasteiger partial charge in [0.2, 0.25) is 11.8 Å². The van der Waals surface area contributed by atoms with Crippen LogP contribution in [0.25, 0.3) is 0 Å². The second-order valence-electron chi connectivity index (χ2n) is 5.61. The maximum Gasteiger partial charge on any atom is 0.326 e. The summed E-state index contributed by atoms with van der Waals surface area (Å²) < 4.78 is 0. The molecule has 1 heterocycles. The van der Waals surface area contributed by atoms with Crippen LogP contribution in [0.4, 0.5) is 0 Å². The Labute approximate surface area is 113 Å². The summed E-state index contributed by atoms with van der Waals surface area (Å²) in [7, 11) is 0. The van der Waals surface area contributed by atoms with E-state index in [4.69, 9.17) is 5.11 Å². The van der Waals surface area contributed by atoms with Gasteiger partial charge >= 0.3 is 5.97 Å². The fourth-order valence-corrected chi connectivity index (χ4v) is 2.19. The van der Waals surface area contributed by atoms with E-state index in [1.807, 2.05) is 13.8 Å². The zero-order valence-corrected chi connectivity index (χ0v) is 11.8. The first-order valence-electron chi connectivity index (χ1n) is 6.56. The topological polar surface area (TPSA) is 86.7 Å². The number of nitrogens with zero attached hydrogens (tertiary/aromatic N) is 1. The quantitative estimate of drug-likeness (QED) is 0.760. The largest absolute Gasteiger partial charge is 0.480 e. The molecule has 2 unspecified atom stereocenters. The van der Waals surface area contributed by atoms with Crippen LogP contribution < -0.4 is 5.32 Å².